The fraction of sp³-hybridized carbons (Fsp3) is 0.0769. The topological polar surface area (TPSA) is 69.4 Å². The zero-order valence-electron chi connectivity index (χ0n) is 10.5. The first-order chi connectivity index (χ1) is 9.77. The Labute approximate surface area is 131 Å². The van der Waals surface area contributed by atoms with Gasteiger partial charge in [-0.15, -0.1) is 0 Å². The third kappa shape index (κ3) is 4.07. The molecule has 0 saturated carbocycles. The molecule has 112 valence electrons. The van der Waals surface area contributed by atoms with E-state index in [2.05, 4.69) is 0 Å². The summed E-state index contributed by atoms with van der Waals surface area (Å²) in [6.07, 6.45) is 0. The summed E-state index contributed by atoms with van der Waals surface area (Å²) in [5.41, 5.74) is 0.493. The van der Waals surface area contributed by atoms with Gasteiger partial charge in [-0.2, -0.15) is 0 Å². The van der Waals surface area contributed by atoms with Crippen molar-refractivity contribution in [3.63, 3.8) is 0 Å². The van der Waals surface area contributed by atoms with E-state index in [1.54, 1.807) is 6.07 Å². The number of nitrogens with two attached hydrogens (primary N) is 1. The van der Waals surface area contributed by atoms with Crippen LogP contribution in [0, 0.1) is 5.82 Å². The van der Waals surface area contributed by atoms with Gasteiger partial charge in [-0.05, 0) is 35.9 Å². The van der Waals surface area contributed by atoms with E-state index in [1.807, 2.05) is 0 Å². The Kier molecular flexibility index (Phi) is 4.73. The molecule has 0 heterocycles. The normalized spacial score (nSPS) is 11.4. The second kappa shape index (κ2) is 6.19. The molecule has 2 aromatic rings. The van der Waals surface area contributed by atoms with Gasteiger partial charge in [0.15, 0.2) is 0 Å². The molecule has 21 heavy (non-hydrogen) atoms. The minimum absolute atomic E-state index is 0.00420. The molecule has 4 nitrogen and oxygen atoms in total. The number of rotatable bonds is 4. The van der Waals surface area contributed by atoms with Crippen molar-refractivity contribution in [2.45, 2.75) is 11.5 Å². The van der Waals surface area contributed by atoms with Crippen molar-refractivity contribution < 1.29 is 17.5 Å². The van der Waals surface area contributed by atoms with Crippen molar-refractivity contribution in [2.24, 2.45) is 5.14 Å². The summed E-state index contributed by atoms with van der Waals surface area (Å²) in [6.45, 7) is -0.0434. The van der Waals surface area contributed by atoms with Crippen molar-refractivity contribution in [3.05, 3.63) is 57.8 Å². The van der Waals surface area contributed by atoms with Crippen LogP contribution in [0.1, 0.15) is 5.56 Å². The molecule has 0 bridgehead atoms. The smallest absolute Gasteiger partial charge is 0.241 e. The molecule has 2 rings (SSSR count). The van der Waals surface area contributed by atoms with Gasteiger partial charge >= 0.3 is 0 Å². The van der Waals surface area contributed by atoms with Crippen LogP contribution in [0.5, 0.6) is 5.75 Å². The molecule has 0 aliphatic carbocycles. The molecule has 0 atom stereocenters. The third-order valence-electron chi connectivity index (χ3n) is 2.59. The van der Waals surface area contributed by atoms with E-state index in [0.717, 1.165) is 0 Å². The van der Waals surface area contributed by atoms with Crippen molar-refractivity contribution in [1.82, 2.24) is 0 Å². The van der Waals surface area contributed by atoms with Crippen LogP contribution >= 0.6 is 23.2 Å². The average Bonchev–Trinajstić information content (AvgIpc) is 2.40. The molecule has 0 fully saturated rings. The maximum absolute atomic E-state index is 13.3. The van der Waals surface area contributed by atoms with Crippen LogP contribution in [0.2, 0.25) is 10.0 Å². The van der Waals surface area contributed by atoms with E-state index < -0.39 is 15.8 Å². The molecule has 2 N–H and O–H groups in total. The van der Waals surface area contributed by atoms with Gasteiger partial charge in [0.25, 0.3) is 0 Å². The summed E-state index contributed by atoms with van der Waals surface area (Å²) in [5.74, 6) is -0.544. The second-order valence-corrected chi connectivity index (χ2v) is 6.55. The van der Waals surface area contributed by atoms with Gasteiger partial charge < -0.3 is 4.74 Å². The Balaban J connectivity index is 2.26. The van der Waals surface area contributed by atoms with Gasteiger partial charge in [0, 0.05) is 5.02 Å². The van der Waals surface area contributed by atoms with Gasteiger partial charge in [0.2, 0.25) is 10.0 Å². The number of hydrogen-bond donors (Lipinski definition) is 1. The van der Waals surface area contributed by atoms with E-state index in [-0.39, 0.29) is 27.3 Å². The number of halogens is 3. The standard InChI is InChI=1S/C13H10Cl2FNO3S/c14-9-2-4-12(13(6-9)21(17,18)19)20-7-8-1-3-10(15)11(16)5-8/h1-6H,7H2,(H2,17,18,19). The van der Waals surface area contributed by atoms with Crippen LogP contribution < -0.4 is 9.88 Å². The first kappa shape index (κ1) is 16.0. The molecule has 0 amide bonds. The summed E-state index contributed by atoms with van der Waals surface area (Å²) < 4.78 is 41.6. The van der Waals surface area contributed by atoms with Crippen LogP contribution in [0.15, 0.2) is 41.3 Å². The lowest BCUT2D eigenvalue weighted by molar-refractivity contribution is 0.297. The maximum atomic E-state index is 13.3. The lowest BCUT2D eigenvalue weighted by Gasteiger charge is -2.11. The molecule has 2 aromatic carbocycles. The molecule has 0 saturated heterocycles. The van der Waals surface area contributed by atoms with Gasteiger partial charge in [-0.1, -0.05) is 29.3 Å². The fourth-order valence-corrected chi connectivity index (χ4v) is 2.67. The number of ether oxygens (including phenoxy) is 1. The first-order valence-corrected chi connectivity index (χ1v) is 7.96. The van der Waals surface area contributed by atoms with Gasteiger partial charge in [0.05, 0.1) is 5.02 Å². The van der Waals surface area contributed by atoms with Gasteiger partial charge in [-0.3, -0.25) is 0 Å². The van der Waals surface area contributed by atoms with Crippen molar-refractivity contribution in [1.29, 1.82) is 0 Å². The predicted molar refractivity (Wildman–Crippen MR) is 78.6 cm³/mol. The summed E-state index contributed by atoms with van der Waals surface area (Å²) in [4.78, 5) is -0.232. The molecular formula is C13H10Cl2FNO3S. The van der Waals surface area contributed by atoms with E-state index in [0.29, 0.717) is 5.56 Å². The monoisotopic (exact) mass is 349 g/mol. The van der Waals surface area contributed by atoms with Crippen molar-refractivity contribution >= 4 is 33.2 Å². The van der Waals surface area contributed by atoms with Crippen LogP contribution in [-0.2, 0) is 16.6 Å². The molecule has 0 aromatic heterocycles. The zero-order chi connectivity index (χ0) is 15.6. The van der Waals surface area contributed by atoms with Crippen LogP contribution in [0.25, 0.3) is 0 Å². The number of sulfonamides is 1. The van der Waals surface area contributed by atoms with Gasteiger partial charge in [0.1, 0.15) is 23.1 Å². The fourth-order valence-electron chi connectivity index (χ4n) is 1.61. The van der Waals surface area contributed by atoms with Crippen LogP contribution in [0.3, 0.4) is 0 Å². The highest BCUT2D eigenvalue weighted by molar-refractivity contribution is 7.89. The van der Waals surface area contributed by atoms with Crippen LogP contribution in [-0.4, -0.2) is 8.42 Å². The minimum atomic E-state index is -3.98. The largest absolute Gasteiger partial charge is 0.487 e. The Morgan fingerprint density at radius 1 is 1.14 bits per heavy atom. The third-order valence-corrected chi connectivity index (χ3v) is 4.06. The summed E-state index contributed by atoms with van der Waals surface area (Å²) in [5, 5.41) is 5.30. The molecule has 0 spiro atoms. The Hall–Kier alpha value is -1.34. The lowest BCUT2D eigenvalue weighted by Crippen LogP contribution is -2.14. The Bertz CT molecular complexity index is 781. The maximum Gasteiger partial charge on any atom is 0.241 e. The average molecular weight is 350 g/mol. The number of primary sulfonamides is 1. The summed E-state index contributed by atoms with van der Waals surface area (Å²) >= 11 is 11.3. The predicted octanol–water partition coefficient (Wildman–Crippen LogP) is 3.36. The second-order valence-electron chi connectivity index (χ2n) is 4.17. The quantitative estimate of drug-likeness (QED) is 0.919. The highest BCUT2D eigenvalue weighted by Crippen LogP contribution is 2.27. The molecule has 0 radical (unpaired) electrons. The molecule has 0 aliphatic heterocycles. The van der Waals surface area contributed by atoms with Crippen molar-refractivity contribution in [2.75, 3.05) is 0 Å². The Morgan fingerprint density at radius 2 is 1.86 bits per heavy atom. The summed E-state index contributed by atoms with van der Waals surface area (Å²) in [6, 6.07) is 8.20. The Morgan fingerprint density at radius 3 is 2.48 bits per heavy atom. The highest BCUT2D eigenvalue weighted by atomic mass is 35.5. The van der Waals surface area contributed by atoms with E-state index >= 15 is 0 Å². The molecule has 0 unspecified atom stereocenters. The van der Waals surface area contributed by atoms with Gasteiger partial charge in [-0.25, -0.2) is 17.9 Å². The molecule has 0 aliphatic rings. The number of hydrogen-bond acceptors (Lipinski definition) is 3. The highest BCUT2D eigenvalue weighted by Gasteiger charge is 2.16. The SMILES string of the molecule is NS(=O)(=O)c1cc(Cl)ccc1OCc1ccc(Cl)c(F)c1. The minimum Gasteiger partial charge on any atom is -0.487 e. The summed E-state index contributed by atoms with van der Waals surface area (Å²) in [7, 11) is -3.98. The molecular weight excluding hydrogens is 340 g/mol. The van der Waals surface area contributed by atoms with Crippen LogP contribution in [0.4, 0.5) is 4.39 Å². The zero-order valence-corrected chi connectivity index (χ0v) is 12.8. The number of benzene rings is 2. The van der Waals surface area contributed by atoms with E-state index in [4.69, 9.17) is 33.1 Å². The molecule has 8 heteroatoms. The van der Waals surface area contributed by atoms with Crippen molar-refractivity contribution in [3.8, 4) is 5.75 Å². The first-order valence-electron chi connectivity index (χ1n) is 5.66. The van der Waals surface area contributed by atoms with E-state index in [1.165, 1.54) is 30.3 Å². The van der Waals surface area contributed by atoms with E-state index in [9.17, 15) is 12.8 Å². The lowest BCUT2D eigenvalue weighted by atomic mass is 10.2.